The predicted molar refractivity (Wildman–Crippen MR) is 106 cm³/mol. The monoisotopic (exact) mass is 386 g/mol. The van der Waals surface area contributed by atoms with Gasteiger partial charge in [-0.15, -0.1) is 0 Å². The minimum Gasteiger partial charge on any atom is -0.462 e. The van der Waals surface area contributed by atoms with E-state index >= 15 is 0 Å². The first-order valence-electron chi connectivity index (χ1n) is 8.88. The molecule has 0 saturated heterocycles. The van der Waals surface area contributed by atoms with Crippen molar-refractivity contribution in [1.29, 1.82) is 0 Å². The second-order valence-corrected chi connectivity index (χ2v) is 7.71. The molecule has 27 heavy (non-hydrogen) atoms. The lowest BCUT2D eigenvalue weighted by molar-refractivity contribution is 0.0525. The third-order valence-corrected chi connectivity index (χ3v) is 4.95. The molecule has 1 aromatic carbocycles. The highest BCUT2D eigenvalue weighted by molar-refractivity contribution is 6.33. The molecule has 1 aliphatic rings. The van der Waals surface area contributed by atoms with E-state index in [-0.39, 0.29) is 12.0 Å². The Morgan fingerprint density at radius 1 is 1.33 bits per heavy atom. The molecule has 5 nitrogen and oxygen atoms in total. The number of aryl methyl sites for hydroxylation is 1. The zero-order valence-corrected chi connectivity index (χ0v) is 16.6. The van der Waals surface area contributed by atoms with Gasteiger partial charge in [0.25, 0.3) is 0 Å². The van der Waals surface area contributed by atoms with E-state index in [1.807, 2.05) is 24.3 Å². The van der Waals surface area contributed by atoms with Crippen molar-refractivity contribution in [3.05, 3.63) is 57.9 Å². The molecular weight excluding hydrogens is 364 g/mol. The zero-order valence-electron chi connectivity index (χ0n) is 15.9. The number of rotatable bonds is 4. The molecule has 1 heterocycles. The van der Waals surface area contributed by atoms with Crippen LogP contribution < -0.4 is 5.48 Å². The van der Waals surface area contributed by atoms with Crippen molar-refractivity contribution >= 4 is 23.3 Å². The van der Waals surface area contributed by atoms with Crippen molar-refractivity contribution in [1.82, 2.24) is 10.5 Å². The molecule has 1 aliphatic carbocycles. The number of fused-ring (bicyclic) bond motifs is 1. The molecule has 0 saturated carbocycles. The predicted octanol–water partition coefficient (Wildman–Crippen LogP) is 4.79. The topological polar surface area (TPSA) is 71.5 Å². The Morgan fingerprint density at radius 2 is 2.04 bits per heavy atom. The van der Waals surface area contributed by atoms with E-state index in [4.69, 9.17) is 21.3 Å². The van der Waals surface area contributed by atoms with Crippen molar-refractivity contribution in [3.8, 4) is 11.1 Å². The van der Waals surface area contributed by atoms with Gasteiger partial charge in [-0.25, -0.2) is 4.79 Å². The SMILES string of the molecule is CCOC(=O)c1c(C)nc2c(c1-c1ccccc1Cl)C(NO)=CC(C)(C)C2. The standard InChI is InChI=1S/C21H23ClN2O3/c1-5-27-20(25)17-12(2)23-15-10-21(3,4)11-16(24-26)19(15)18(17)13-8-6-7-9-14(13)22/h6-9,11,24,26H,5,10H2,1-4H3. The Hall–Kier alpha value is -2.37. The fourth-order valence-electron chi connectivity index (χ4n) is 3.60. The van der Waals surface area contributed by atoms with E-state index in [0.29, 0.717) is 45.1 Å². The Balaban J connectivity index is 2.42. The maximum absolute atomic E-state index is 12.8. The highest BCUT2D eigenvalue weighted by Crippen LogP contribution is 2.43. The molecule has 0 radical (unpaired) electrons. The number of pyridine rings is 1. The molecule has 2 aromatic rings. The van der Waals surface area contributed by atoms with Crippen LogP contribution in [-0.4, -0.2) is 22.8 Å². The summed E-state index contributed by atoms with van der Waals surface area (Å²) in [5, 5.41) is 10.3. The van der Waals surface area contributed by atoms with Crippen LogP contribution in [0.25, 0.3) is 16.8 Å². The van der Waals surface area contributed by atoms with Crippen LogP contribution in [0.5, 0.6) is 0 Å². The molecule has 0 unspecified atom stereocenters. The van der Waals surface area contributed by atoms with E-state index in [1.165, 1.54) is 0 Å². The summed E-state index contributed by atoms with van der Waals surface area (Å²) in [5.74, 6) is -0.456. The first-order valence-corrected chi connectivity index (χ1v) is 9.25. The summed E-state index contributed by atoms with van der Waals surface area (Å²) in [6, 6.07) is 7.33. The number of aromatic nitrogens is 1. The van der Waals surface area contributed by atoms with Crippen LogP contribution in [0.1, 0.15) is 48.1 Å². The molecule has 0 fully saturated rings. The van der Waals surface area contributed by atoms with Crippen molar-refractivity contribution in [3.63, 3.8) is 0 Å². The van der Waals surface area contributed by atoms with E-state index in [0.717, 1.165) is 5.69 Å². The highest BCUT2D eigenvalue weighted by atomic mass is 35.5. The third-order valence-electron chi connectivity index (χ3n) is 4.62. The number of nitrogens with one attached hydrogen (secondary N) is 1. The molecular formula is C21H23ClN2O3. The largest absolute Gasteiger partial charge is 0.462 e. The minimum absolute atomic E-state index is 0.194. The number of hydroxylamine groups is 1. The third kappa shape index (κ3) is 3.57. The van der Waals surface area contributed by atoms with Crippen molar-refractivity contribution in [2.45, 2.75) is 34.1 Å². The van der Waals surface area contributed by atoms with Crippen LogP contribution in [0.4, 0.5) is 0 Å². The highest BCUT2D eigenvalue weighted by Gasteiger charge is 2.33. The fourth-order valence-corrected chi connectivity index (χ4v) is 3.83. The van der Waals surface area contributed by atoms with Gasteiger partial charge in [-0.05, 0) is 31.7 Å². The van der Waals surface area contributed by atoms with Gasteiger partial charge in [0.2, 0.25) is 0 Å². The van der Waals surface area contributed by atoms with E-state index < -0.39 is 5.97 Å². The van der Waals surface area contributed by atoms with Crippen LogP contribution in [0, 0.1) is 12.3 Å². The van der Waals surface area contributed by atoms with Gasteiger partial charge in [-0.1, -0.05) is 49.7 Å². The van der Waals surface area contributed by atoms with Gasteiger partial charge in [-0.3, -0.25) is 15.7 Å². The summed E-state index contributed by atoms with van der Waals surface area (Å²) in [7, 11) is 0. The van der Waals surface area contributed by atoms with Crippen LogP contribution in [-0.2, 0) is 11.2 Å². The molecule has 2 N–H and O–H groups in total. The van der Waals surface area contributed by atoms with Gasteiger partial charge in [0, 0.05) is 21.7 Å². The number of esters is 1. The second kappa shape index (κ2) is 7.33. The summed E-state index contributed by atoms with van der Waals surface area (Å²) < 4.78 is 5.29. The number of benzene rings is 1. The lowest BCUT2D eigenvalue weighted by atomic mass is 9.77. The number of carbonyl (C=O) groups excluding carboxylic acids is 1. The van der Waals surface area contributed by atoms with Gasteiger partial charge < -0.3 is 4.74 Å². The average molecular weight is 387 g/mol. The van der Waals surface area contributed by atoms with Gasteiger partial charge in [0.05, 0.1) is 29.3 Å². The normalized spacial score (nSPS) is 15.0. The van der Waals surface area contributed by atoms with Crippen LogP contribution in [0.2, 0.25) is 5.02 Å². The molecule has 1 aromatic heterocycles. The minimum atomic E-state index is -0.456. The van der Waals surface area contributed by atoms with Gasteiger partial charge >= 0.3 is 5.97 Å². The smallest absolute Gasteiger partial charge is 0.340 e. The summed E-state index contributed by atoms with van der Waals surface area (Å²) >= 11 is 6.48. The van der Waals surface area contributed by atoms with Gasteiger partial charge in [-0.2, -0.15) is 0 Å². The molecule has 142 valence electrons. The molecule has 3 rings (SSSR count). The molecule has 0 spiro atoms. The first-order chi connectivity index (χ1) is 12.8. The Labute approximate surface area is 164 Å². The van der Waals surface area contributed by atoms with Crippen LogP contribution in [0.3, 0.4) is 0 Å². The van der Waals surface area contributed by atoms with E-state index in [9.17, 15) is 10.0 Å². The second-order valence-electron chi connectivity index (χ2n) is 7.30. The van der Waals surface area contributed by atoms with Crippen molar-refractivity contribution < 1.29 is 14.7 Å². The number of carbonyl (C=O) groups is 1. The first kappa shape index (κ1) is 19.4. The lowest BCUT2D eigenvalue weighted by Crippen LogP contribution is -2.26. The summed E-state index contributed by atoms with van der Waals surface area (Å²) in [6.45, 7) is 7.95. The van der Waals surface area contributed by atoms with Gasteiger partial charge in [0.15, 0.2) is 0 Å². The number of halogens is 1. The number of allylic oxidation sites excluding steroid dienone is 1. The average Bonchev–Trinajstić information content (AvgIpc) is 2.59. The molecule has 0 atom stereocenters. The molecule has 0 bridgehead atoms. The van der Waals surface area contributed by atoms with E-state index in [2.05, 4.69) is 19.3 Å². The lowest BCUT2D eigenvalue weighted by Gasteiger charge is -2.31. The van der Waals surface area contributed by atoms with Crippen LogP contribution >= 0.6 is 11.6 Å². The molecule has 6 heteroatoms. The maximum atomic E-state index is 12.8. The Bertz CT molecular complexity index is 935. The quantitative estimate of drug-likeness (QED) is 0.584. The zero-order chi connectivity index (χ0) is 19.8. The van der Waals surface area contributed by atoms with Gasteiger partial charge in [0.1, 0.15) is 0 Å². The van der Waals surface area contributed by atoms with Crippen molar-refractivity contribution in [2.75, 3.05) is 6.61 Å². The number of nitrogens with zero attached hydrogens (tertiary/aromatic N) is 1. The Kier molecular flexibility index (Phi) is 5.27. The molecule has 0 amide bonds. The maximum Gasteiger partial charge on any atom is 0.340 e. The fraction of sp³-hybridized carbons (Fsp3) is 0.333. The summed E-state index contributed by atoms with van der Waals surface area (Å²) in [6.07, 6.45) is 2.62. The van der Waals surface area contributed by atoms with Crippen LogP contribution in [0.15, 0.2) is 30.3 Å². The van der Waals surface area contributed by atoms with E-state index in [1.54, 1.807) is 19.9 Å². The summed E-state index contributed by atoms with van der Waals surface area (Å²) in [5.41, 5.74) is 6.36. The Morgan fingerprint density at radius 3 is 2.67 bits per heavy atom. The van der Waals surface area contributed by atoms with Crippen molar-refractivity contribution in [2.24, 2.45) is 5.41 Å². The molecule has 0 aliphatic heterocycles. The number of hydrogen-bond acceptors (Lipinski definition) is 5. The number of ether oxygens (including phenoxy) is 1. The number of hydrogen-bond donors (Lipinski definition) is 2. The summed E-state index contributed by atoms with van der Waals surface area (Å²) in [4.78, 5) is 17.5.